The van der Waals surface area contributed by atoms with Gasteiger partial charge in [0.2, 0.25) is 0 Å². The van der Waals surface area contributed by atoms with Gasteiger partial charge in [-0.05, 0) is 24.6 Å². The zero-order chi connectivity index (χ0) is 13.9. The molecule has 2 heterocycles. The van der Waals surface area contributed by atoms with E-state index in [0.717, 1.165) is 24.4 Å². The number of imidazole rings is 1. The van der Waals surface area contributed by atoms with Crippen molar-refractivity contribution >= 4 is 0 Å². The summed E-state index contributed by atoms with van der Waals surface area (Å²) in [6.45, 7) is 1.47. The van der Waals surface area contributed by atoms with Gasteiger partial charge in [0.25, 0.3) is 0 Å². The van der Waals surface area contributed by atoms with Gasteiger partial charge in [0.05, 0.1) is 42.5 Å². The predicted octanol–water partition coefficient (Wildman–Crippen LogP) is 1.78. The molecule has 5 heteroatoms. The Bertz CT molecular complexity index is 637. The predicted molar refractivity (Wildman–Crippen MR) is 74.1 cm³/mol. The lowest BCUT2D eigenvalue weighted by Crippen LogP contribution is -2.24. The summed E-state index contributed by atoms with van der Waals surface area (Å²) in [5.41, 5.74) is 8.84. The van der Waals surface area contributed by atoms with Crippen molar-refractivity contribution in [2.75, 3.05) is 13.2 Å². The monoisotopic (exact) mass is 268 g/mol. The van der Waals surface area contributed by atoms with Crippen LogP contribution in [0.4, 0.5) is 0 Å². The first-order chi connectivity index (χ1) is 9.79. The molecule has 1 aromatic heterocycles. The number of rotatable bonds is 3. The Morgan fingerprint density at radius 1 is 1.50 bits per heavy atom. The van der Waals surface area contributed by atoms with Crippen LogP contribution in [0.15, 0.2) is 36.8 Å². The molecule has 1 aliphatic rings. The van der Waals surface area contributed by atoms with Gasteiger partial charge in [0.1, 0.15) is 0 Å². The molecule has 0 spiro atoms. The normalized spacial score (nSPS) is 19.7. The zero-order valence-corrected chi connectivity index (χ0v) is 11.1. The summed E-state index contributed by atoms with van der Waals surface area (Å²) in [7, 11) is 0. The van der Waals surface area contributed by atoms with Gasteiger partial charge in [0.15, 0.2) is 0 Å². The van der Waals surface area contributed by atoms with Crippen LogP contribution >= 0.6 is 0 Å². The molecule has 1 fully saturated rings. The van der Waals surface area contributed by atoms with Gasteiger partial charge >= 0.3 is 0 Å². The Balaban J connectivity index is 1.95. The van der Waals surface area contributed by atoms with Crippen molar-refractivity contribution in [3.05, 3.63) is 48.0 Å². The minimum atomic E-state index is -0.106. The van der Waals surface area contributed by atoms with E-state index in [1.54, 1.807) is 18.6 Å². The largest absolute Gasteiger partial charge is 0.381 e. The van der Waals surface area contributed by atoms with E-state index in [9.17, 15) is 0 Å². The molecule has 0 bridgehead atoms. The fourth-order valence-corrected chi connectivity index (χ4v) is 2.57. The Kier molecular flexibility index (Phi) is 3.50. The van der Waals surface area contributed by atoms with Gasteiger partial charge < -0.3 is 15.0 Å². The maximum absolute atomic E-state index is 8.99. The third-order valence-corrected chi connectivity index (χ3v) is 3.73. The van der Waals surface area contributed by atoms with Gasteiger partial charge in [0, 0.05) is 18.2 Å². The number of ether oxygens (including phenoxy) is 1. The van der Waals surface area contributed by atoms with Crippen LogP contribution in [-0.4, -0.2) is 22.8 Å². The summed E-state index contributed by atoms with van der Waals surface area (Å²) in [4.78, 5) is 4.21. The van der Waals surface area contributed by atoms with E-state index in [1.165, 1.54) is 0 Å². The summed E-state index contributed by atoms with van der Waals surface area (Å²) in [6.07, 6.45) is 4.51. The van der Waals surface area contributed by atoms with Crippen LogP contribution in [0.5, 0.6) is 0 Å². The van der Waals surface area contributed by atoms with Gasteiger partial charge in [-0.2, -0.15) is 5.26 Å². The van der Waals surface area contributed by atoms with E-state index in [1.807, 2.05) is 22.8 Å². The Hall–Kier alpha value is -2.16. The zero-order valence-electron chi connectivity index (χ0n) is 11.1. The number of hydrogen-bond acceptors (Lipinski definition) is 4. The standard InChI is InChI=1S/C15H16N4O/c16-7-11-2-1-3-13(6-11)19-10-18-8-14(19)15(17)12-4-5-20-9-12/h1-3,6,8,10,12,15H,4-5,9,17H2. The van der Waals surface area contributed by atoms with Crippen LogP contribution in [0.25, 0.3) is 5.69 Å². The molecule has 5 nitrogen and oxygen atoms in total. The molecule has 2 atom stereocenters. The molecular weight excluding hydrogens is 252 g/mol. The quantitative estimate of drug-likeness (QED) is 0.920. The average Bonchev–Trinajstić information content (AvgIpc) is 3.17. The molecule has 0 saturated carbocycles. The summed E-state index contributed by atoms with van der Waals surface area (Å²) in [5, 5.41) is 8.99. The van der Waals surface area contributed by atoms with Crippen LogP contribution in [0, 0.1) is 17.2 Å². The molecule has 1 saturated heterocycles. The molecule has 2 N–H and O–H groups in total. The maximum Gasteiger partial charge on any atom is 0.0994 e. The van der Waals surface area contributed by atoms with Crippen LogP contribution < -0.4 is 5.73 Å². The topological polar surface area (TPSA) is 76.9 Å². The lowest BCUT2D eigenvalue weighted by Gasteiger charge is -2.19. The molecule has 102 valence electrons. The summed E-state index contributed by atoms with van der Waals surface area (Å²) in [5.74, 6) is 0.324. The van der Waals surface area contributed by atoms with E-state index in [-0.39, 0.29) is 6.04 Å². The van der Waals surface area contributed by atoms with E-state index in [4.69, 9.17) is 15.7 Å². The maximum atomic E-state index is 8.99. The summed E-state index contributed by atoms with van der Waals surface area (Å²) >= 11 is 0. The highest BCUT2D eigenvalue weighted by molar-refractivity contribution is 5.42. The van der Waals surface area contributed by atoms with E-state index >= 15 is 0 Å². The number of nitrogens with zero attached hydrogens (tertiary/aromatic N) is 3. The molecule has 0 radical (unpaired) electrons. The van der Waals surface area contributed by atoms with Crippen molar-refractivity contribution in [1.29, 1.82) is 5.26 Å². The van der Waals surface area contributed by atoms with E-state index in [0.29, 0.717) is 18.1 Å². The fourth-order valence-electron chi connectivity index (χ4n) is 2.57. The molecule has 2 aromatic rings. The van der Waals surface area contributed by atoms with Crippen molar-refractivity contribution in [3.8, 4) is 11.8 Å². The Morgan fingerprint density at radius 3 is 3.15 bits per heavy atom. The van der Waals surface area contributed by atoms with Gasteiger partial charge in [-0.3, -0.25) is 0 Å². The minimum absolute atomic E-state index is 0.106. The summed E-state index contributed by atoms with van der Waals surface area (Å²) in [6, 6.07) is 9.47. The minimum Gasteiger partial charge on any atom is -0.381 e. The smallest absolute Gasteiger partial charge is 0.0994 e. The molecule has 1 aromatic carbocycles. The highest BCUT2D eigenvalue weighted by Crippen LogP contribution is 2.28. The third kappa shape index (κ3) is 2.31. The van der Waals surface area contributed by atoms with Crippen molar-refractivity contribution < 1.29 is 4.74 Å². The van der Waals surface area contributed by atoms with Gasteiger partial charge in [-0.25, -0.2) is 4.98 Å². The molecule has 1 aliphatic heterocycles. The van der Waals surface area contributed by atoms with Crippen molar-refractivity contribution in [2.45, 2.75) is 12.5 Å². The lowest BCUT2D eigenvalue weighted by molar-refractivity contribution is 0.180. The van der Waals surface area contributed by atoms with Gasteiger partial charge in [-0.1, -0.05) is 6.07 Å². The number of nitriles is 1. The second kappa shape index (κ2) is 5.45. The van der Waals surface area contributed by atoms with Crippen LogP contribution in [-0.2, 0) is 4.74 Å². The number of aromatic nitrogens is 2. The molecular formula is C15H16N4O. The molecule has 0 aliphatic carbocycles. The highest BCUT2D eigenvalue weighted by Gasteiger charge is 2.26. The van der Waals surface area contributed by atoms with Gasteiger partial charge in [-0.15, -0.1) is 0 Å². The molecule has 3 rings (SSSR count). The molecule has 0 amide bonds. The number of nitrogens with two attached hydrogens (primary N) is 1. The SMILES string of the molecule is N#Cc1cccc(-n2cncc2C(N)C2CCOC2)c1. The first-order valence-electron chi connectivity index (χ1n) is 6.65. The fraction of sp³-hybridized carbons (Fsp3) is 0.333. The van der Waals surface area contributed by atoms with Crippen LogP contribution in [0.1, 0.15) is 23.7 Å². The van der Waals surface area contributed by atoms with E-state index < -0.39 is 0 Å². The number of hydrogen-bond donors (Lipinski definition) is 1. The molecule has 2 unspecified atom stereocenters. The van der Waals surface area contributed by atoms with Crippen molar-refractivity contribution in [2.24, 2.45) is 11.7 Å². The van der Waals surface area contributed by atoms with Crippen LogP contribution in [0.3, 0.4) is 0 Å². The second-order valence-electron chi connectivity index (χ2n) is 5.00. The first-order valence-corrected chi connectivity index (χ1v) is 6.65. The van der Waals surface area contributed by atoms with E-state index in [2.05, 4.69) is 11.1 Å². The number of benzene rings is 1. The lowest BCUT2D eigenvalue weighted by atomic mass is 9.97. The van der Waals surface area contributed by atoms with Crippen molar-refractivity contribution in [1.82, 2.24) is 9.55 Å². The second-order valence-corrected chi connectivity index (χ2v) is 5.00. The average molecular weight is 268 g/mol. The first kappa shape index (κ1) is 12.9. The third-order valence-electron chi connectivity index (χ3n) is 3.73. The summed E-state index contributed by atoms with van der Waals surface area (Å²) < 4.78 is 7.35. The highest BCUT2D eigenvalue weighted by atomic mass is 16.5. The Labute approximate surface area is 117 Å². The van der Waals surface area contributed by atoms with Crippen LogP contribution in [0.2, 0.25) is 0 Å². The Morgan fingerprint density at radius 2 is 2.40 bits per heavy atom. The van der Waals surface area contributed by atoms with Crippen molar-refractivity contribution in [3.63, 3.8) is 0 Å². The molecule has 20 heavy (non-hydrogen) atoms.